The summed E-state index contributed by atoms with van der Waals surface area (Å²) in [5, 5.41) is 3.56. The van der Waals surface area contributed by atoms with Crippen LogP contribution < -0.4 is 5.32 Å². The van der Waals surface area contributed by atoms with Gasteiger partial charge in [-0.15, -0.1) is 12.3 Å². The van der Waals surface area contributed by atoms with E-state index in [2.05, 4.69) is 38.9 Å². The standard InChI is InChI=1S/C16H29N/c1-6-7-13(2)17-12-14-8-10-15(11-9-14)16(3,4)5/h1,13-15,17H,7-12H2,2-5H3. The van der Waals surface area contributed by atoms with Gasteiger partial charge in [0, 0.05) is 12.5 Å². The van der Waals surface area contributed by atoms with E-state index in [0.29, 0.717) is 11.5 Å². The molecule has 0 bridgehead atoms. The Kier molecular flexibility index (Phi) is 5.53. The lowest BCUT2D eigenvalue weighted by molar-refractivity contribution is 0.148. The lowest BCUT2D eigenvalue weighted by Crippen LogP contribution is -2.34. The highest BCUT2D eigenvalue weighted by molar-refractivity contribution is 4.88. The van der Waals surface area contributed by atoms with E-state index in [1.54, 1.807) is 0 Å². The van der Waals surface area contributed by atoms with Crippen LogP contribution in [0.1, 0.15) is 59.8 Å². The Hall–Kier alpha value is -0.480. The van der Waals surface area contributed by atoms with Crippen molar-refractivity contribution < 1.29 is 0 Å². The molecule has 0 saturated heterocycles. The third kappa shape index (κ3) is 5.13. The van der Waals surface area contributed by atoms with E-state index in [-0.39, 0.29) is 0 Å². The highest BCUT2D eigenvalue weighted by Gasteiger charge is 2.29. The van der Waals surface area contributed by atoms with Gasteiger partial charge in [0.15, 0.2) is 0 Å². The van der Waals surface area contributed by atoms with Crippen molar-refractivity contribution in [1.82, 2.24) is 5.32 Å². The summed E-state index contributed by atoms with van der Waals surface area (Å²) >= 11 is 0. The van der Waals surface area contributed by atoms with E-state index in [0.717, 1.165) is 24.8 Å². The topological polar surface area (TPSA) is 12.0 Å². The van der Waals surface area contributed by atoms with Crippen molar-refractivity contribution in [2.75, 3.05) is 6.54 Å². The molecule has 0 aromatic carbocycles. The molecule has 0 radical (unpaired) electrons. The van der Waals surface area contributed by atoms with E-state index in [9.17, 15) is 0 Å². The van der Waals surface area contributed by atoms with Crippen molar-refractivity contribution >= 4 is 0 Å². The zero-order valence-corrected chi connectivity index (χ0v) is 12.1. The molecule has 1 atom stereocenters. The van der Waals surface area contributed by atoms with Crippen molar-refractivity contribution in [2.45, 2.75) is 65.8 Å². The Labute approximate surface area is 108 Å². The van der Waals surface area contributed by atoms with Crippen LogP contribution in [0.25, 0.3) is 0 Å². The van der Waals surface area contributed by atoms with Gasteiger partial charge in [0.1, 0.15) is 0 Å². The molecule has 1 N–H and O–H groups in total. The molecule has 0 aromatic heterocycles. The first-order valence-electron chi connectivity index (χ1n) is 7.10. The lowest BCUT2D eigenvalue weighted by Gasteiger charge is -2.37. The molecule has 0 heterocycles. The van der Waals surface area contributed by atoms with Gasteiger partial charge in [0.05, 0.1) is 0 Å². The van der Waals surface area contributed by atoms with Crippen molar-refractivity contribution in [3.8, 4) is 12.3 Å². The molecule has 1 fully saturated rings. The van der Waals surface area contributed by atoms with Crippen LogP contribution in [0.2, 0.25) is 0 Å². The molecule has 1 aliphatic carbocycles. The van der Waals surface area contributed by atoms with Gasteiger partial charge in [-0.05, 0) is 56.4 Å². The zero-order chi connectivity index (χ0) is 12.9. The Balaban J connectivity index is 2.22. The highest BCUT2D eigenvalue weighted by Crippen LogP contribution is 2.39. The Morgan fingerprint density at radius 1 is 1.24 bits per heavy atom. The predicted octanol–water partition coefficient (Wildman–Crippen LogP) is 3.84. The maximum absolute atomic E-state index is 5.31. The van der Waals surface area contributed by atoms with Gasteiger partial charge in [-0.1, -0.05) is 20.8 Å². The van der Waals surface area contributed by atoms with Gasteiger partial charge in [0.2, 0.25) is 0 Å². The van der Waals surface area contributed by atoms with Crippen LogP contribution >= 0.6 is 0 Å². The molecule has 0 amide bonds. The summed E-state index contributed by atoms with van der Waals surface area (Å²) in [7, 11) is 0. The first kappa shape index (κ1) is 14.6. The Morgan fingerprint density at radius 3 is 2.29 bits per heavy atom. The van der Waals surface area contributed by atoms with Crippen LogP contribution in [0.4, 0.5) is 0 Å². The molecule has 0 spiro atoms. The van der Waals surface area contributed by atoms with E-state index in [1.807, 2.05) is 0 Å². The quantitative estimate of drug-likeness (QED) is 0.730. The fourth-order valence-corrected chi connectivity index (χ4v) is 2.85. The van der Waals surface area contributed by atoms with E-state index in [4.69, 9.17) is 6.42 Å². The van der Waals surface area contributed by atoms with E-state index in [1.165, 1.54) is 25.7 Å². The Bertz CT molecular complexity index is 248. The van der Waals surface area contributed by atoms with Gasteiger partial charge in [-0.3, -0.25) is 0 Å². The van der Waals surface area contributed by atoms with Gasteiger partial charge in [-0.2, -0.15) is 0 Å². The minimum absolute atomic E-state index is 0.473. The van der Waals surface area contributed by atoms with Crippen LogP contribution in [-0.2, 0) is 0 Å². The number of hydrogen-bond acceptors (Lipinski definition) is 1. The number of hydrogen-bond donors (Lipinski definition) is 1. The zero-order valence-electron chi connectivity index (χ0n) is 12.1. The maximum atomic E-state index is 5.31. The van der Waals surface area contributed by atoms with Crippen LogP contribution in [0.15, 0.2) is 0 Å². The SMILES string of the molecule is C#CCC(C)NCC1CCC(C(C)(C)C)CC1. The average molecular weight is 235 g/mol. The molecule has 1 aliphatic rings. The van der Waals surface area contributed by atoms with Crippen LogP contribution in [0, 0.1) is 29.6 Å². The number of nitrogens with one attached hydrogen (secondary N) is 1. The van der Waals surface area contributed by atoms with E-state index >= 15 is 0 Å². The third-order valence-electron chi connectivity index (χ3n) is 4.25. The second-order valence-electron chi connectivity index (χ2n) is 6.80. The molecule has 98 valence electrons. The minimum atomic E-state index is 0.473. The summed E-state index contributed by atoms with van der Waals surface area (Å²) in [6, 6.07) is 0.473. The molecule has 1 unspecified atom stereocenters. The summed E-state index contributed by atoms with van der Waals surface area (Å²) in [5.41, 5.74) is 0.495. The summed E-state index contributed by atoms with van der Waals surface area (Å²) < 4.78 is 0. The van der Waals surface area contributed by atoms with Crippen molar-refractivity contribution in [2.24, 2.45) is 17.3 Å². The largest absolute Gasteiger partial charge is 0.313 e. The average Bonchev–Trinajstić information content (AvgIpc) is 2.26. The molecule has 0 aliphatic heterocycles. The normalized spacial score (nSPS) is 27.5. The fourth-order valence-electron chi connectivity index (χ4n) is 2.85. The molecule has 17 heavy (non-hydrogen) atoms. The second kappa shape index (κ2) is 6.45. The number of terminal acetylenes is 1. The minimum Gasteiger partial charge on any atom is -0.313 e. The smallest absolute Gasteiger partial charge is 0.0238 e. The third-order valence-corrected chi connectivity index (χ3v) is 4.25. The second-order valence-corrected chi connectivity index (χ2v) is 6.80. The number of rotatable bonds is 4. The summed E-state index contributed by atoms with van der Waals surface area (Å²) in [6.07, 6.45) is 11.7. The Morgan fingerprint density at radius 2 is 1.82 bits per heavy atom. The highest BCUT2D eigenvalue weighted by atomic mass is 14.9. The summed E-state index contributed by atoms with van der Waals surface area (Å²) in [6.45, 7) is 10.5. The fraction of sp³-hybridized carbons (Fsp3) is 0.875. The van der Waals surface area contributed by atoms with Crippen molar-refractivity contribution in [3.05, 3.63) is 0 Å². The molecule has 1 heteroatoms. The molecule has 0 aromatic rings. The molecular weight excluding hydrogens is 206 g/mol. The molecule has 1 saturated carbocycles. The summed E-state index contributed by atoms with van der Waals surface area (Å²) in [5.74, 6) is 4.51. The van der Waals surface area contributed by atoms with Crippen LogP contribution in [0.3, 0.4) is 0 Å². The predicted molar refractivity (Wildman–Crippen MR) is 75.8 cm³/mol. The molecule has 1 nitrogen and oxygen atoms in total. The van der Waals surface area contributed by atoms with Crippen LogP contribution in [0.5, 0.6) is 0 Å². The van der Waals surface area contributed by atoms with E-state index < -0.39 is 0 Å². The molecular formula is C16H29N. The van der Waals surface area contributed by atoms with Gasteiger partial charge in [-0.25, -0.2) is 0 Å². The monoisotopic (exact) mass is 235 g/mol. The first-order valence-corrected chi connectivity index (χ1v) is 7.10. The van der Waals surface area contributed by atoms with Gasteiger partial charge < -0.3 is 5.32 Å². The maximum Gasteiger partial charge on any atom is 0.0238 e. The first-order chi connectivity index (χ1) is 7.93. The van der Waals surface area contributed by atoms with Crippen molar-refractivity contribution in [3.63, 3.8) is 0 Å². The van der Waals surface area contributed by atoms with Gasteiger partial charge >= 0.3 is 0 Å². The van der Waals surface area contributed by atoms with Crippen molar-refractivity contribution in [1.29, 1.82) is 0 Å². The van der Waals surface area contributed by atoms with Gasteiger partial charge in [0.25, 0.3) is 0 Å². The van der Waals surface area contributed by atoms with Crippen LogP contribution in [-0.4, -0.2) is 12.6 Å². The molecule has 1 rings (SSSR count). The lowest BCUT2D eigenvalue weighted by atomic mass is 9.70. The summed E-state index contributed by atoms with van der Waals surface area (Å²) in [4.78, 5) is 0.